The zero-order chi connectivity index (χ0) is 15.8. The molecule has 0 saturated carbocycles. The summed E-state index contributed by atoms with van der Waals surface area (Å²) < 4.78 is 0. The van der Waals surface area contributed by atoms with E-state index in [-0.39, 0.29) is 18.4 Å². The molecule has 114 valence electrons. The third-order valence-corrected chi connectivity index (χ3v) is 2.86. The lowest BCUT2D eigenvalue weighted by atomic mass is 10.3. The Labute approximate surface area is 129 Å². The van der Waals surface area contributed by atoms with Crippen LogP contribution in [0.15, 0.2) is 48.7 Å². The van der Waals surface area contributed by atoms with E-state index in [1.165, 1.54) is 0 Å². The van der Waals surface area contributed by atoms with Gasteiger partial charge in [-0.1, -0.05) is 25.1 Å². The number of hydrogen-bond acceptors (Lipinski definition) is 4. The average molecular weight is 298 g/mol. The number of hydrogen-bond donors (Lipinski definition) is 3. The van der Waals surface area contributed by atoms with Crippen LogP contribution in [0.25, 0.3) is 0 Å². The summed E-state index contributed by atoms with van der Waals surface area (Å²) in [4.78, 5) is 26.9. The van der Waals surface area contributed by atoms with Crippen molar-refractivity contribution in [2.75, 3.05) is 17.2 Å². The van der Waals surface area contributed by atoms with Crippen molar-refractivity contribution in [3.8, 4) is 0 Å². The number of amides is 2. The molecular formula is C16H18N4O2. The first-order valence-electron chi connectivity index (χ1n) is 7.02. The minimum Gasteiger partial charge on any atom is -0.347 e. The molecule has 3 N–H and O–H groups in total. The number of rotatable bonds is 6. The highest BCUT2D eigenvalue weighted by Gasteiger charge is 2.05. The number of para-hydroxylation sites is 1. The third kappa shape index (κ3) is 4.90. The van der Waals surface area contributed by atoms with Gasteiger partial charge in [-0.25, -0.2) is 4.98 Å². The number of pyridine rings is 1. The summed E-state index contributed by atoms with van der Waals surface area (Å²) in [6, 6.07) is 13.2. The lowest BCUT2D eigenvalue weighted by Gasteiger charge is -2.08. The summed E-state index contributed by atoms with van der Waals surface area (Å²) in [5.41, 5.74) is 1.52. The monoisotopic (exact) mass is 298 g/mol. The third-order valence-electron chi connectivity index (χ3n) is 2.86. The Balaban J connectivity index is 1.86. The second kappa shape index (κ2) is 7.78. The highest BCUT2D eigenvalue weighted by Crippen LogP contribution is 2.15. The summed E-state index contributed by atoms with van der Waals surface area (Å²) in [7, 11) is 0. The highest BCUT2D eigenvalue weighted by atomic mass is 16.2. The summed E-state index contributed by atoms with van der Waals surface area (Å²) in [6.07, 6.45) is 1.92. The van der Waals surface area contributed by atoms with E-state index in [1.54, 1.807) is 25.3 Å². The first-order valence-corrected chi connectivity index (χ1v) is 7.02. The van der Waals surface area contributed by atoms with Gasteiger partial charge in [0.1, 0.15) is 5.82 Å². The van der Waals surface area contributed by atoms with Gasteiger partial charge >= 0.3 is 0 Å². The molecule has 0 unspecified atom stereocenters. The van der Waals surface area contributed by atoms with Gasteiger partial charge in [-0.05, 0) is 24.3 Å². The van der Waals surface area contributed by atoms with Crippen LogP contribution in [0.5, 0.6) is 0 Å². The van der Waals surface area contributed by atoms with Gasteiger partial charge in [-0.2, -0.15) is 0 Å². The summed E-state index contributed by atoms with van der Waals surface area (Å²) >= 11 is 0. The molecule has 1 heterocycles. The van der Waals surface area contributed by atoms with Gasteiger partial charge in [0, 0.05) is 12.1 Å². The minimum atomic E-state index is -0.285. The Morgan fingerprint density at radius 1 is 1.00 bits per heavy atom. The molecule has 2 amide bonds. The molecule has 0 fully saturated rings. The number of aromatic nitrogens is 1. The molecule has 0 bridgehead atoms. The fourth-order valence-corrected chi connectivity index (χ4v) is 1.72. The van der Waals surface area contributed by atoms with Crippen LogP contribution < -0.4 is 16.0 Å². The predicted octanol–water partition coefficient (Wildman–Crippen LogP) is 2.29. The number of nitrogens with one attached hydrogen (secondary N) is 3. The van der Waals surface area contributed by atoms with Gasteiger partial charge in [-0.15, -0.1) is 0 Å². The number of benzene rings is 1. The van der Waals surface area contributed by atoms with E-state index in [0.717, 1.165) is 5.69 Å². The van der Waals surface area contributed by atoms with Crippen molar-refractivity contribution in [1.82, 2.24) is 10.3 Å². The molecule has 0 spiro atoms. The van der Waals surface area contributed by atoms with Crippen LogP contribution in [0.3, 0.4) is 0 Å². The van der Waals surface area contributed by atoms with Crippen molar-refractivity contribution in [3.05, 3.63) is 48.7 Å². The van der Waals surface area contributed by atoms with Crippen molar-refractivity contribution in [3.63, 3.8) is 0 Å². The molecule has 0 atom stereocenters. The molecule has 0 aliphatic carbocycles. The van der Waals surface area contributed by atoms with E-state index in [1.807, 2.05) is 30.3 Å². The van der Waals surface area contributed by atoms with Gasteiger partial charge < -0.3 is 16.0 Å². The number of anilines is 3. The minimum absolute atomic E-state index is 0.0450. The quantitative estimate of drug-likeness (QED) is 0.764. The normalized spacial score (nSPS) is 9.86. The SMILES string of the molecule is CCC(=O)NCC(=O)Nc1ccc(Nc2ccccc2)nc1. The van der Waals surface area contributed by atoms with E-state index < -0.39 is 0 Å². The van der Waals surface area contributed by atoms with Crippen molar-refractivity contribution in [1.29, 1.82) is 0 Å². The number of carbonyl (C=O) groups is 2. The molecule has 2 rings (SSSR count). The Morgan fingerprint density at radius 2 is 1.77 bits per heavy atom. The maximum Gasteiger partial charge on any atom is 0.243 e. The van der Waals surface area contributed by atoms with Crippen LogP contribution in [-0.2, 0) is 9.59 Å². The van der Waals surface area contributed by atoms with Crippen LogP contribution in [0.2, 0.25) is 0 Å². The van der Waals surface area contributed by atoms with Crippen LogP contribution in [0.1, 0.15) is 13.3 Å². The summed E-state index contributed by atoms with van der Waals surface area (Å²) in [5, 5.41) is 8.33. The molecule has 0 radical (unpaired) electrons. The van der Waals surface area contributed by atoms with Gasteiger partial charge in [0.15, 0.2) is 0 Å². The van der Waals surface area contributed by atoms with Crippen molar-refractivity contribution in [2.24, 2.45) is 0 Å². The smallest absolute Gasteiger partial charge is 0.243 e. The van der Waals surface area contributed by atoms with Gasteiger partial charge in [0.25, 0.3) is 0 Å². The van der Waals surface area contributed by atoms with E-state index in [0.29, 0.717) is 17.9 Å². The topological polar surface area (TPSA) is 83.1 Å². The molecule has 0 saturated heterocycles. The lowest BCUT2D eigenvalue weighted by Crippen LogP contribution is -2.32. The molecule has 0 aliphatic rings. The van der Waals surface area contributed by atoms with Crippen LogP contribution in [0, 0.1) is 0 Å². The largest absolute Gasteiger partial charge is 0.347 e. The molecule has 2 aromatic rings. The Morgan fingerprint density at radius 3 is 2.41 bits per heavy atom. The lowest BCUT2D eigenvalue weighted by molar-refractivity contribution is -0.123. The molecule has 6 nitrogen and oxygen atoms in total. The zero-order valence-electron chi connectivity index (χ0n) is 12.3. The molecule has 0 aliphatic heterocycles. The highest BCUT2D eigenvalue weighted by molar-refractivity contribution is 5.94. The van der Waals surface area contributed by atoms with Crippen LogP contribution in [0.4, 0.5) is 17.2 Å². The second-order valence-electron chi connectivity index (χ2n) is 4.60. The first-order chi connectivity index (χ1) is 10.7. The zero-order valence-corrected chi connectivity index (χ0v) is 12.3. The molecule has 22 heavy (non-hydrogen) atoms. The second-order valence-corrected chi connectivity index (χ2v) is 4.60. The molecule has 1 aromatic carbocycles. The molecular weight excluding hydrogens is 280 g/mol. The van der Waals surface area contributed by atoms with Crippen molar-refractivity contribution in [2.45, 2.75) is 13.3 Å². The van der Waals surface area contributed by atoms with Crippen molar-refractivity contribution >= 4 is 29.0 Å². The first kappa shape index (κ1) is 15.5. The predicted molar refractivity (Wildman–Crippen MR) is 85.9 cm³/mol. The summed E-state index contributed by atoms with van der Waals surface area (Å²) in [5.74, 6) is 0.242. The van der Waals surface area contributed by atoms with Crippen LogP contribution in [-0.4, -0.2) is 23.3 Å². The van der Waals surface area contributed by atoms with Gasteiger partial charge in [0.05, 0.1) is 18.4 Å². The van der Waals surface area contributed by atoms with E-state index >= 15 is 0 Å². The number of carbonyl (C=O) groups excluding carboxylic acids is 2. The van der Waals surface area contributed by atoms with E-state index in [2.05, 4.69) is 20.9 Å². The molecule has 6 heteroatoms. The Kier molecular flexibility index (Phi) is 5.48. The van der Waals surface area contributed by atoms with Gasteiger partial charge in [0.2, 0.25) is 11.8 Å². The van der Waals surface area contributed by atoms with E-state index in [4.69, 9.17) is 0 Å². The van der Waals surface area contributed by atoms with Crippen molar-refractivity contribution < 1.29 is 9.59 Å². The maximum absolute atomic E-state index is 11.6. The van der Waals surface area contributed by atoms with Crippen LogP contribution >= 0.6 is 0 Å². The Hall–Kier alpha value is -2.89. The summed E-state index contributed by atoms with van der Waals surface area (Å²) in [6.45, 7) is 1.69. The van der Waals surface area contributed by atoms with Gasteiger partial charge in [-0.3, -0.25) is 9.59 Å². The fourth-order valence-electron chi connectivity index (χ4n) is 1.72. The Bertz CT molecular complexity index is 626. The number of nitrogens with zero attached hydrogens (tertiary/aromatic N) is 1. The standard InChI is InChI=1S/C16H18N4O2/c1-2-15(21)18-11-16(22)20-13-8-9-14(17-10-13)19-12-6-4-3-5-7-12/h3-10H,2,11H2,1H3,(H,17,19)(H,18,21)(H,20,22). The fraction of sp³-hybridized carbons (Fsp3) is 0.188. The molecule has 1 aromatic heterocycles. The average Bonchev–Trinajstić information content (AvgIpc) is 2.55. The van der Waals surface area contributed by atoms with E-state index in [9.17, 15) is 9.59 Å². The maximum atomic E-state index is 11.6.